The zero-order valence-electron chi connectivity index (χ0n) is 28.0. The van der Waals surface area contributed by atoms with E-state index in [2.05, 4.69) is 6.92 Å². The molecule has 3 N–H and O–H groups in total. The topological polar surface area (TPSA) is 96.2 Å². The van der Waals surface area contributed by atoms with Gasteiger partial charge in [-0.1, -0.05) is 129 Å². The van der Waals surface area contributed by atoms with Crippen molar-refractivity contribution in [1.82, 2.24) is 0 Å². The van der Waals surface area contributed by atoms with Crippen molar-refractivity contribution in [3.63, 3.8) is 0 Å². The molecule has 0 aromatic heterocycles. The van der Waals surface area contributed by atoms with Crippen LogP contribution >= 0.6 is 0 Å². The fraction of sp³-hybridized carbons (Fsp3) is 0.919. The van der Waals surface area contributed by atoms with E-state index in [0.717, 1.165) is 63.4 Å². The number of rotatable bonds is 28. The molecule has 2 heterocycles. The summed E-state index contributed by atoms with van der Waals surface area (Å²) in [5.74, 6) is -0.127. The minimum absolute atomic E-state index is 0.0542. The highest BCUT2D eigenvalue weighted by Crippen LogP contribution is 2.28. The Morgan fingerprint density at radius 2 is 1.14 bits per heavy atom. The quantitative estimate of drug-likeness (QED) is 0.0606. The molecule has 2 aliphatic heterocycles. The van der Waals surface area contributed by atoms with E-state index in [-0.39, 0.29) is 24.3 Å². The molecule has 2 rings (SSSR count). The van der Waals surface area contributed by atoms with Crippen molar-refractivity contribution in [3.8, 4) is 0 Å². The lowest BCUT2D eigenvalue weighted by atomic mass is 9.98. The van der Waals surface area contributed by atoms with Crippen LogP contribution < -0.4 is 0 Å². The average Bonchev–Trinajstić information content (AvgIpc) is 3.60. The summed E-state index contributed by atoms with van der Waals surface area (Å²) >= 11 is 0. The van der Waals surface area contributed by atoms with Gasteiger partial charge in [-0.15, -0.1) is 0 Å². The molecule has 0 aliphatic carbocycles. The predicted molar refractivity (Wildman–Crippen MR) is 176 cm³/mol. The maximum Gasteiger partial charge on any atom is 0.334 e. The third-order valence-corrected chi connectivity index (χ3v) is 9.54. The molecule has 0 amide bonds. The lowest BCUT2D eigenvalue weighted by molar-refractivity contribution is -0.139. The summed E-state index contributed by atoms with van der Waals surface area (Å²) in [5.41, 5.74) is 0.859. The number of carbonyl (C=O) groups is 1. The van der Waals surface area contributed by atoms with Crippen molar-refractivity contribution >= 4 is 5.97 Å². The number of aliphatic hydroxyl groups excluding tert-OH is 3. The lowest BCUT2D eigenvalue weighted by Crippen LogP contribution is -2.33. The summed E-state index contributed by atoms with van der Waals surface area (Å²) < 4.78 is 11.2. The van der Waals surface area contributed by atoms with E-state index >= 15 is 0 Å². The fourth-order valence-electron chi connectivity index (χ4n) is 6.76. The zero-order chi connectivity index (χ0) is 31.1. The molecule has 0 saturated carbocycles. The molecule has 2 aliphatic rings. The summed E-state index contributed by atoms with van der Waals surface area (Å²) in [6.07, 6.45) is 28.9. The van der Waals surface area contributed by atoms with E-state index in [1.54, 1.807) is 0 Å². The second-order valence-corrected chi connectivity index (χ2v) is 13.7. The summed E-state index contributed by atoms with van der Waals surface area (Å²) in [7, 11) is 0. The molecule has 0 aromatic rings. The summed E-state index contributed by atoms with van der Waals surface area (Å²) in [4.78, 5) is 11.6. The SMILES string of the molecule is CCCCCCCCCCCCC(O)[C@H]1CCC([C@H](O)CC(O)CCCCCCCCCCCCC2=CC(C)OC2=O)O1. The summed E-state index contributed by atoms with van der Waals surface area (Å²) in [5, 5.41) is 31.7. The number of cyclic esters (lactones) is 1. The molecule has 0 spiro atoms. The van der Waals surface area contributed by atoms with E-state index in [1.165, 1.54) is 103 Å². The van der Waals surface area contributed by atoms with E-state index in [9.17, 15) is 20.1 Å². The molecule has 1 fully saturated rings. The number of unbranched alkanes of at least 4 members (excludes halogenated alkanes) is 18. The molecule has 0 aromatic carbocycles. The Bertz CT molecular complexity index is 724. The van der Waals surface area contributed by atoms with Crippen molar-refractivity contribution in [1.29, 1.82) is 0 Å². The standard InChI is InChI=1S/C37H68O6/c1-3-4-5-6-7-8-13-16-19-22-25-33(39)35-26-27-36(43-35)34(40)29-32(38)24-21-18-15-12-10-9-11-14-17-20-23-31-28-30(2)42-37(31)41/h28,30,32-36,38-40H,3-27,29H2,1-2H3/t30?,32?,33?,34-,35-,36?/m1/s1. The first kappa shape index (κ1) is 38.2. The van der Waals surface area contributed by atoms with Crippen LogP contribution in [0, 0.1) is 0 Å². The largest absolute Gasteiger partial charge is 0.455 e. The monoisotopic (exact) mass is 609 g/mol. The number of esters is 1. The van der Waals surface area contributed by atoms with Crippen LogP contribution in [0.4, 0.5) is 0 Å². The number of aliphatic hydroxyl groups is 3. The van der Waals surface area contributed by atoms with Crippen LogP contribution in [0.2, 0.25) is 0 Å². The van der Waals surface area contributed by atoms with Crippen LogP contribution in [0.1, 0.15) is 181 Å². The van der Waals surface area contributed by atoms with Gasteiger partial charge in [-0.25, -0.2) is 4.79 Å². The second-order valence-electron chi connectivity index (χ2n) is 13.7. The molecular formula is C37H68O6. The van der Waals surface area contributed by atoms with Crippen molar-refractivity contribution in [2.24, 2.45) is 0 Å². The molecular weight excluding hydrogens is 540 g/mol. The number of ether oxygens (including phenoxy) is 2. The van der Waals surface area contributed by atoms with Crippen molar-refractivity contribution in [2.45, 2.75) is 217 Å². The number of hydrogen-bond acceptors (Lipinski definition) is 6. The van der Waals surface area contributed by atoms with Gasteiger partial charge in [-0.2, -0.15) is 0 Å². The van der Waals surface area contributed by atoms with Gasteiger partial charge in [0, 0.05) is 12.0 Å². The summed E-state index contributed by atoms with van der Waals surface area (Å²) in [6.45, 7) is 4.17. The van der Waals surface area contributed by atoms with E-state index in [4.69, 9.17) is 9.47 Å². The highest BCUT2D eigenvalue weighted by Gasteiger charge is 2.35. The third-order valence-electron chi connectivity index (χ3n) is 9.54. The van der Waals surface area contributed by atoms with Crippen LogP contribution in [0.15, 0.2) is 11.6 Å². The third kappa shape index (κ3) is 18.0. The van der Waals surface area contributed by atoms with Crippen molar-refractivity contribution in [3.05, 3.63) is 11.6 Å². The first-order chi connectivity index (χ1) is 20.9. The van der Waals surface area contributed by atoms with Crippen LogP contribution in [-0.4, -0.2) is 57.9 Å². The molecule has 1 saturated heterocycles. The van der Waals surface area contributed by atoms with Gasteiger partial charge >= 0.3 is 5.97 Å². The first-order valence-electron chi connectivity index (χ1n) is 18.5. The maximum absolute atomic E-state index is 11.6. The smallest absolute Gasteiger partial charge is 0.334 e. The van der Waals surface area contributed by atoms with Gasteiger partial charge in [0.05, 0.1) is 30.5 Å². The fourth-order valence-corrected chi connectivity index (χ4v) is 6.76. The van der Waals surface area contributed by atoms with Gasteiger partial charge in [0.15, 0.2) is 0 Å². The lowest BCUT2D eigenvalue weighted by Gasteiger charge is -2.23. The van der Waals surface area contributed by atoms with Gasteiger partial charge in [-0.3, -0.25) is 0 Å². The minimum Gasteiger partial charge on any atom is -0.455 e. The average molecular weight is 609 g/mol. The van der Waals surface area contributed by atoms with Crippen LogP contribution in [0.3, 0.4) is 0 Å². The van der Waals surface area contributed by atoms with Crippen molar-refractivity contribution < 1.29 is 29.6 Å². The molecule has 6 atom stereocenters. The number of hydrogen-bond donors (Lipinski definition) is 3. The molecule has 6 nitrogen and oxygen atoms in total. The van der Waals surface area contributed by atoms with Crippen molar-refractivity contribution in [2.75, 3.05) is 0 Å². The van der Waals surface area contributed by atoms with Gasteiger partial charge in [0.1, 0.15) is 6.10 Å². The van der Waals surface area contributed by atoms with Gasteiger partial charge < -0.3 is 24.8 Å². The highest BCUT2D eigenvalue weighted by atomic mass is 16.5. The molecule has 6 heteroatoms. The van der Waals surface area contributed by atoms with Crippen LogP contribution in [0.5, 0.6) is 0 Å². The Morgan fingerprint density at radius 3 is 1.65 bits per heavy atom. The Hall–Kier alpha value is -0.950. The Kier molecular flexibility index (Phi) is 21.6. The molecule has 4 unspecified atom stereocenters. The molecule has 0 bridgehead atoms. The maximum atomic E-state index is 11.6. The Labute approximate surface area is 264 Å². The Morgan fingerprint density at radius 1 is 0.674 bits per heavy atom. The van der Waals surface area contributed by atoms with E-state index in [1.807, 2.05) is 13.0 Å². The zero-order valence-corrected chi connectivity index (χ0v) is 28.0. The van der Waals surface area contributed by atoms with Gasteiger partial charge in [0.25, 0.3) is 0 Å². The van der Waals surface area contributed by atoms with Gasteiger partial charge in [0.2, 0.25) is 0 Å². The first-order valence-corrected chi connectivity index (χ1v) is 18.5. The normalized spacial score (nSPS) is 22.5. The van der Waals surface area contributed by atoms with E-state index in [0.29, 0.717) is 6.42 Å². The van der Waals surface area contributed by atoms with Crippen LogP contribution in [-0.2, 0) is 14.3 Å². The van der Waals surface area contributed by atoms with Gasteiger partial charge in [-0.05, 0) is 51.5 Å². The highest BCUT2D eigenvalue weighted by molar-refractivity contribution is 5.90. The molecule has 43 heavy (non-hydrogen) atoms. The summed E-state index contributed by atoms with van der Waals surface area (Å²) in [6, 6.07) is 0. The van der Waals surface area contributed by atoms with Crippen LogP contribution in [0.25, 0.3) is 0 Å². The van der Waals surface area contributed by atoms with E-state index < -0.39 is 18.3 Å². The predicted octanol–water partition coefficient (Wildman–Crippen LogP) is 8.87. The second kappa shape index (κ2) is 24.3. The number of carbonyl (C=O) groups excluding carboxylic acids is 1. The molecule has 252 valence electrons. The Balaban J connectivity index is 1.37. The molecule has 0 radical (unpaired) electrons. The minimum atomic E-state index is -0.656.